The first-order chi connectivity index (χ1) is 11.4. The van der Waals surface area contributed by atoms with E-state index in [9.17, 15) is 18.0 Å². The second kappa shape index (κ2) is 7.74. The van der Waals surface area contributed by atoms with Gasteiger partial charge < -0.3 is 19.1 Å². The van der Waals surface area contributed by atoms with E-state index in [4.69, 9.17) is 14.2 Å². The van der Waals surface area contributed by atoms with Gasteiger partial charge in [0, 0.05) is 19.3 Å². The Balaban J connectivity index is 2.36. The van der Waals surface area contributed by atoms with Crippen LogP contribution >= 0.6 is 0 Å². The Labute approximate surface area is 138 Å². The Morgan fingerprint density at radius 1 is 1.25 bits per heavy atom. The van der Waals surface area contributed by atoms with E-state index < -0.39 is 24.7 Å². The maximum atomic E-state index is 13.0. The molecule has 0 aromatic heterocycles. The standard InChI is InChI=1S/C16H20F3NO4/c1-22-13-5-3-4-12(14(13)23-2)15(21)20(10-16(17,18)19)11-6-8-24-9-7-11/h3-5,11H,6-10H2,1-2H3. The molecule has 134 valence electrons. The van der Waals surface area contributed by atoms with Crippen molar-refractivity contribution in [2.24, 2.45) is 0 Å². The van der Waals surface area contributed by atoms with Gasteiger partial charge in [0.05, 0.1) is 19.8 Å². The Kier molecular flexibility index (Phi) is 5.93. The van der Waals surface area contributed by atoms with Crippen molar-refractivity contribution in [2.45, 2.75) is 25.1 Å². The fraction of sp³-hybridized carbons (Fsp3) is 0.562. The summed E-state index contributed by atoms with van der Waals surface area (Å²) >= 11 is 0. The predicted octanol–water partition coefficient (Wildman–Crippen LogP) is 2.89. The minimum atomic E-state index is -4.49. The molecule has 0 unspecified atom stereocenters. The minimum absolute atomic E-state index is 0.0487. The number of methoxy groups -OCH3 is 2. The third-order valence-corrected chi connectivity index (χ3v) is 3.88. The number of hydrogen-bond acceptors (Lipinski definition) is 4. The zero-order valence-corrected chi connectivity index (χ0v) is 13.6. The van der Waals surface area contributed by atoms with Gasteiger partial charge in [-0.2, -0.15) is 13.2 Å². The van der Waals surface area contributed by atoms with Gasteiger partial charge >= 0.3 is 6.18 Å². The third-order valence-electron chi connectivity index (χ3n) is 3.88. The van der Waals surface area contributed by atoms with Gasteiger partial charge in [0.2, 0.25) is 0 Å². The van der Waals surface area contributed by atoms with E-state index in [1.807, 2.05) is 0 Å². The smallest absolute Gasteiger partial charge is 0.406 e. The molecule has 8 heteroatoms. The SMILES string of the molecule is COc1cccc(C(=O)N(CC(F)(F)F)C2CCOCC2)c1OC. The largest absolute Gasteiger partial charge is 0.493 e. The zero-order chi connectivity index (χ0) is 17.7. The van der Waals surface area contributed by atoms with Gasteiger partial charge in [-0.3, -0.25) is 4.79 Å². The average molecular weight is 347 g/mol. The molecule has 2 rings (SSSR count). The summed E-state index contributed by atoms with van der Waals surface area (Å²) in [6.45, 7) is -0.639. The minimum Gasteiger partial charge on any atom is -0.493 e. The van der Waals surface area contributed by atoms with Crippen LogP contribution in [0.25, 0.3) is 0 Å². The highest BCUT2D eigenvalue weighted by molar-refractivity contribution is 5.98. The highest BCUT2D eigenvalue weighted by atomic mass is 19.4. The van der Waals surface area contributed by atoms with Crippen molar-refractivity contribution in [3.05, 3.63) is 23.8 Å². The zero-order valence-electron chi connectivity index (χ0n) is 13.6. The number of alkyl halides is 3. The summed E-state index contributed by atoms with van der Waals surface area (Å²) in [6.07, 6.45) is -3.75. The summed E-state index contributed by atoms with van der Waals surface area (Å²) in [4.78, 5) is 13.7. The number of amides is 1. The normalized spacial score (nSPS) is 15.9. The third kappa shape index (κ3) is 4.31. The molecule has 0 radical (unpaired) electrons. The Hall–Kier alpha value is -1.96. The highest BCUT2D eigenvalue weighted by Crippen LogP contribution is 2.33. The molecular weight excluding hydrogens is 327 g/mol. The molecule has 5 nitrogen and oxygen atoms in total. The second-order valence-electron chi connectivity index (χ2n) is 5.43. The Morgan fingerprint density at radius 3 is 2.46 bits per heavy atom. The monoisotopic (exact) mass is 347 g/mol. The summed E-state index contributed by atoms with van der Waals surface area (Å²) in [5, 5.41) is 0. The molecule has 0 atom stereocenters. The van der Waals surface area contributed by atoms with Gasteiger partial charge in [-0.25, -0.2) is 0 Å². The van der Waals surface area contributed by atoms with E-state index in [0.717, 1.165) is 4.90 Å². The number of ether oxygens (including phenoxy) is 3. The number of hydrogen-bond donors (Lipinski definition) is 0. The van der Waals surface area contributed by atoms with E-state index in [1.54, 1.807) is 12.1 Å². The molecular formula is C16H20F3NO4. The Bertz CT molecular complexity index is 571. The van der Waals surface area contributed by atoms with Crippen LogP contribution in [0.5, 0.6) is 11.5 Å². The molecule has 1 saturated heterocycles. The fourth-order valence-corrected chi connectivity index (χ4v) is 2.77. The van der Waals surface area contributed by atoms with Crippen LogP contribution in [0.3, 0.4) is 0 Å². The van der Waals surface area contributed by atoms with E-state index in [0.29, 0.717) is 31.8 Å². The molecule has 0 bridgehead atoms. The second-order valence-corrected chi connectivity index (χ2v) is 5.43. The molecule has 24 heavy (non-hydrogen) atoms. The molecule has 1 aliphatic rings. The molecule has 1 fully saturated rings. The van der Waals surface area contributed by atoms with Gasteiger partial charge in [-0.05, 0) is 25.0 Å². The maximum absolute atomic E-state index is 13.0. The van der Waals surface area contributed by atoms with E-state index >= 15 is 0 Å². The van der Waals surface area contributed by atoms with Crippen molar-refractivity contribution in [3.63, 3.8) is 0 Å². The lowest BCUT2D eigenvalue weighted by Gasteiger charge is -2.35. The lowest BCUT2D eigenvalue weighted by Crippen LogP contribution is -2.48. The topological polar surface area (TPSA) is 48.0 Å². The van der Waals surface area contributed by atoms with Crippen LogP contribution in [0.1, 0.15) is 23.2 Å². The summed E-state index contributed by atoms with van der Waals surface area (Å²) in [5.41, 5.74) is 0.0487. The first kappa shape index (κ1) is 18.4. The molecule has 0 spiro atoms. The van der Waals surface area contributed by atoms with E-state index in [2.05, 4.69) is 0 Å². The van der Waals surface area contributed by atoms with Crippen molar-refractivity contribution < 1.29 is 32.2 Å². The fourth-order valence-electron chi connectivity index (χ4n) is 2.77. The summed E-state index contributed by atoms with van der Waals surface area (Å²) in [5.74, 6) is -0.304. The number of carbonyl (C=O) groups excluding carboxylic acids is 1. The summed E-state index contributed by atoms with van der Waals surface area (Å²) in [7, 11) is 2.75. The van der Waals surface area contributed by atoms with E-state index in [1.165, 1.54) is 20.3 Å². The van der Waals surface area contributed by atoms with E-state index in [-0.39, 0.29) is 11.3 Å². The highest BCUT2D eigenvalue weighted by Gasteiger charge is 2.38. The summed E-state index contributed by atoms with van der Waals surface area (Å²) in [6, 6.07) is 4.04. The van der Waals surface area contributed by atoms with Crippen molar-refractivity contribution >= 4 is 5.91 Å². The van der Waals surface area contributed by atoms with Crippen molar-refractivity contribution in [1.29, 1.82) is 0 Å². The van der Waals surface area contributed by atoms with Gasteiger partial charge in [-0.1, -0.05) is 6.07 Å². The van der Waals surface area contributed by atoms with Gasteiger partial charge in [0.15, 0.2) is 11.5 Å². The molecule has 1 aliphatic heterocycles. The Morgan fingerprint density at radius 2 is 1.92 bits per heavy atom. The number of nitrogens with zero attached hydrogens (tertiary/aromatic N) is 1. The van der Waals surface area contributed by atoms with Gasteiger partial charge in [0.25, 0.3) is 5.91 Å². The lowest BCUT2D eigenvalue weighted by molar-refractivity contribution is -0.147. The summed E-state index contributed by atoms with van der Waals surface area (Å²) < 4.78 is 54.4. The molecule has 1 heterocycles. The van der Waals surface area contributed by atoms with Crippen LogP contribution in [0, 0.1) is 0 Å². The molecule has 1 aromatic rings. The van der Waals surface area contributed by atoms with Crippen LogP contribution in [-0.4, -0.2) is 57.0 Å². The van der Waals surface area contributed by atoms with Crippen LogP contribution < -0.4 is 9.47 Å². The van der Waals surface area contributed by atoms with Crippen molar-refractivity contribution in [1.82, 2.24) is 4.90 Å². The first-order valence-corrected chi connectivity index (χ1v) is 7.54. The number of para-hydroxylation sites is 1. The lowest BCUT2D eigenvalue weighted by atomic mass is 10.0. The number of carbonyl (C=O) groups is 1. The van der Waals surface area contributed by atoms with Crippen molar-refractivity contribution in [2.75, 3.05) is 34.0 Å². The molecule has 1 amide bonds. The predicted molar refractivity (Wildman–Crippen MR) is 80.5 cm³/mol. The molecule has 0 saturated carbocycles. The first-order valence-electron chi connectivity index (χ1n) is 7.54. The van der Waals surface area contributed by atoms with Gasteiger partial charge in [0.1, 0.15) is 6.54 Å². The average Bonchev–Trinajstić information content (AvgIpc) is 2.58. The number of halogens is 3. The van der Waals surface area contributed by atoms with Crippen LogP contribution in [0.4, 0.5) is 13.2 Å². The van der Waals surface area contributed by atoms with Crippen LogP contribution in [-0.2, 0) is 4.74 Å². The van der Waals surface area contributed by atoms with Crippen LogP contribution in [0.2, 0.25) is 0 Å². The van der Waals surface area contributed by atoms with Crippen LogP contribution in [0.15, 0.2) is 18.2 Å². The van der Waals surface area contributed by atoms with Crippen molar-refractivity contribution in [3.8, 4) is 11.5 Å². The molecule has 1 aromatic carbocycles. The number of benzene rings is 1. The molecule has 0 aliphatic carbocycles. The number of rotatable bonds is 5. The molecule has 0 N–H and O–H groups in total. The quantitative estimate of drug-likeness (QED) is 0.822. The maximum Gasteiger partial charge on any atom is 0.406 e. The van der Waals surface area contributed by atoms with Gasteiger partial charge in [-0.15, -0.1) is 0 Å².